The second-order valence-electron chi connectivity index (χ2n) is 10.1. The number of piperazine rings is 1. The summed E-state index contributed by atoms with van der Waals surface area (Å²) in [7, 11) is 2.01. The van der Waals surface area contributed by atoms with Gasteiger partial charge in [-0.3, -0.25) is 9.88 Å². The lowest BCUT2D eigenvalue weighted by Crippen LogP contribution is -2.51. The first-order chi connectivity index (χ1) is 19.5. The molecule has 0 spiro atoms. The normalized spacial score (nSPS) is 16.8. The third-order valence-electron chi connectivity index (χ3n) is 7.64. The number of benzene rings is 2. The largest absolute Gasteiger partial charge is 0.337 e. The number of imidazole rings is 1. The lowest BCUT2D eigenvalue weighted by molar-refractivity contribution is 0.125. The Kier molecular flexibility index (Phi) is 7.08. The van der Waals surface area contributed by atoms with Gasteiger partial charge in [0.2, 0.25) is 0 Å². The van der Waals surface area contributed by atoms with Gasteiger partial charge in [0.05, 0.1) is 29.7 Å². The molecule has 0 bridgehead atoms. The van der Waals surface area contributed by atoms with Crippen LogP contribution in [0.25, 0.3) is 11.6 Å². The Balaban J connectivity index is 1.27. The topological polar surface area (TPSA) is 90.1 Å². The van der Waals surface area contributed by atoms with Gasteiger partial charge in [0, 0.05) is 68.4 Å². The van der Waals surface area contributed by atoms with E-state index in [2.05, 4.69) is 45.5 Å². The monoisotopic (exact) mass is 549 g/mol. The van der Waals surface area contributed by atoms with Crippen LogP contribution < -0.4 is 5.32 Å². The van der Waals surface area contributed by atoms with E-state index >= 15 is 0 Å². The van der Waals surface area contributed by atoms with Crippen LogP contribution in [-0.2, 0) is 13.5 Å². The van der Waals surface area contributed by atoms with Crippen molar-refractivity contribution in [1.29, 1.82) is 5.26 Å². The number of aryl methyl sites for hydroxylation is 1. The van der Waals surface area contributed by atoms with Crippen LogP contribution in [0.5, 0.6) is 0 Å². The van der Waals surface area contributed by atoms with Crippen molar-refractivity contribution >= 4 is 35.0 Å². The zero-order valence-electron chi connectivity index (χ0n) is 22.1. The van der Waals surface area contributed by atoms with E-state index in [0.717, 1.165) is 28.1 Å². The predicted octanol–water partition coefficient (Wildman–Crippen LogP) is 5.38. The number of hydrogen-bond donors (Lipinski definition) is 1. The molecule has 1 aliphatic carbocycles. The maximum atomic E-state index is 13.0. The highest BCUT2D eigenvalue weighted by atomic mass is 35.5. The van der Waals surface area contributed by atoms with Crippen LogP contribution in [0.2, 0.25) is 5.02 Å². The summed E-state index contributed by atoms with van der Waals surface area (Å²) in [5, 5.41) is 12.7. The van der Waals surface area contributed by atoms with Gasteiger partial charge in [-0.25, -0.2) is 9.78 Å². The van der Waals surface area contributed by atoms with Crippen LogP contribution in [0.3, 0.4) is 0 Å². The molecule has 1 atom stereocenters. The molecule has 1 fully saturated rings. The minimum Gasteiger partial charge on any atom is -0.337 e. The number of rotatable bonds is 4. The molecule has 1 unspecified atom stereocenters. The molecule has 2 aromatic heterocycles. The predicted molar refractivity (Wildman–Crippen MR) is 156 cm³/mol. The highest BCUT2D eigenvalue weighted by Crippen LogP contribution is 2.41. The second-order valence-corrected chi connectivity index (χ2v) is 10.5. The summed E-state index contributed by atoms with van der Waals surface area (Å²) < 4.78 is 2.04. The Morgan fingerprint density at radius 1 is 1.12 bits per heavy atom. The molecule has 0 radical (unpaired) electrons. The van der Waals surface area contributed by atoms with Gasteiger partial charge in [0.25, 0.3) is 0 Å². The van der Waals surface area contributed by atoms with Gasteiger partial charge < -0.3 is 14.8 Å². The Bertz CT molecular complexity index is 1630. The van der Waals surface area contributed by atoms with E-state index in [-0.39, 0.29) is 12.1 Å². The van der Waals surface area contributed by atoms with Gasteiger partial charge >= 0.3 is 6.03 Å². The van der Waals surface area contributed by atoms with Crippen molar-refractivity contribution in [3.05, 3.63) is 112 Å². The maximum absolute atomic E-state index is 13.0. The summed E-state index contributed by atoms with van der Waals surface area (Å²) in [6.07, 6.45) is 8.52. The molecule has 40 heavy (non-hydrogen) atoms. The summed E-state index contributed by atoms with van der Waals surface area (Å²) in [6, 6.07) is 19.0. The first-order valence-corrected chi connectivity index (χ1v) is 13.6. The molecule has 200 valence electrons. The SMILES string of the molecule is Cn1cncc1CC1=Cc2cccnc2C(N2CCN(C(=O)Nc3ccc(C#N)cc3)CC2)c2ccc(Cl)cc21. The molecule has 9 heteroatoms. The number of carbonyl (C=O) groups is 1. The number of urea groups is 1. The van der Waals surface area contributed by atoms with Gasteiger partial charge in [0.15, 0.2) is 0 Å². The van der Waals surface area contributed by atoms with Crippen LogP contribution in [0.15, 0.2) is 73.3 Å². The molecule has 1 N–H and O–H groups in total. The Morgan fingerprint density at radius 3 is 2.65 bits per heavy atom. The number of amides is 2. The fourth-order valence-corrected chi connectivity index (χ4v) is 5.69. The highest BCUT2D eigenvalue weighted by Gasteiger charge is 2.33. The van der Waals surface area contributed by atoms with Crippen LogP contribution in [0.1, 0.15) is 39.7 Å². The summed E-state index contributed by atoms with van der Waals surface area (Å²) in [5.74, 6) is 0. The number of allylic oxidation sites excluding steroid dienone is 1. The zero-order valence-corrected chi connectivity index (χ0v) is 22.8. The van der Waals surface area contributed by atoms with Crippen molar-refractivity contribution in [3.63, 3.8) is 0 Å². The van der Waals surface area contributed by atoms with Crippen LogP contribution in [0, 0.1) is 11.3 Å². The fourth-order valence-electron chi connectivity index (χ4n) is 5.52. The number of carbonyl (C=O) groups excluding carboxylic acids is 1. The summed E-state index contributed by atoms with van der Waals surface area (Å²) >= 11 is 6.55. The standard InChI is InChI=1S/C31H28ClN7O/c1-37-20-34-19-26(37)16-23-15-22-3-2-10-35-29(22)30(27-9-6-24(32)17-28(23)27)38-11-13-39(14-12-38)31(40)36-25-7-4-21(18-33)5-8-25/h2-10,15,17,19-20,30H,11-14,16H2,1H3,(H,36,40). The molecule has 3 heterocycles. The molecule has 1 saturated heterocycles. The number of anilines is 1. The molecule has 6 rings (SSSR count). The third-order valence-corrected chi connectivity index (χ3v) is 7.87. The van der Waals surface area contributed by atoms with Gasteiger partial charge in [-0.2, -0.15) is 5.26 Å². The number of fused-ring (bicyclic) bond motifs is 2. The molecule has 2 aliphatic rings. The van der Waals surface area contributed by atoms with Crippen LogP contribution >= 0.6 is 11.6 Å². The van der Waals surface area contributed by atoms with E-state index in [1.165, 1.54) is 5.57 Å². The number of aromatic nitrogens is 3. The number of nitrogens with zero attached hydrogens (tertiary/aromatic N) is 6. The lowest BCUT2D eigenvalue weighted by Gasteiger charge is -2.39. The quantitative estimate of drug-likeness (QED) is 0.369. The van der Waals surface area contributed by atoms with Crippen molar-refractivity contribution in [2.24, 2.45) is 7.05 Å². The Hall–Kier alpha value is -4.45. The molecular weight excluding hydrogens is 522 g/mol. The van der Waals surface area contributed by atoms with E-state index in [4.69, 9.17) is 21.8 Å². The average molecular weight is 550 g/mol. The summed E-state index contributed by atoms with van der Waals surface area (Å²) in [4.78, 5) is 26.4. The first-order valence-electron chi connectivity index (χ1n) is 13.2. The van der Waals surface area contributed by atoms with Crippen LogP contribution in [-0.4, -0.2) is 56.5 Å². The number of nitriles is 1. The minimum atomic E-state index is -0.143. The number of pyridine rings is 1. The van der Waals surface area contributed by atoms with E-state index < -0.39 is 0 Å². The third kappa shape index (κ3) is 5.09. The van der Waals surface area contributed by atoms with Crippen molar-refractivity contribution in [3.8, 4) is 6.07 Å². The fraction of sp³-hybridized carbons (Fsp3) is 0.226. The van der Waals surface area contributed by atoms with Gasteiger partial charge in [-0.05, 0) is 70.8 Å². The maximum Gasteiger partial charge on any atom is 0.321 e. The van der Waals surface area contributed by atoms with E-state index in [0.29, 0.717) is 48.9 Å². The van der Waals surface area contributed by atoms with Gasteiger partial charge in [0.1, 0.15) is 0 Å². The van der Waals surface area contributed by atoms with E-state index in [9.17, 15) is 4.79 Å². The molecule has 2 aromatic carbocycles. The van der Waals surface area contributed by atoms with Crippen molar-refractivity contribution in [2.75, 3.05) is 31.5 Å². The van der Waals surface area contributed by atoms with Crippen molar-refractivity contribution in [1.82, 2.24) is 24.3 Å². The molecular formula is C31H28ClN7O. The lowest BCUT2D eigenvalue weighted by atomic mass is 9.92. The molecule has 4 aromatic rings. The number of nitrogens with one attached hydrogen (secondary N) is 1. The second kappa shape index (κ2) is 11.0. The number of hydrogen-bond acceptors (Lipinski definition) is 5. The van der Waals surface area contributed by atoms with Gasteiger partial charge in [-0.1, -0.05) is 23.7 Å². The Morgan fingerprint density at radius 2 is 1.93 bits per heavy atom. The van der Waals surface area contributed by atoms with E-state index in [1.807, 2.05) is 47.4 Å². The number of halogens is 1. The molecule has 0 saturated carbocycles. The first kappa shape index (κ1) is 25.8. The molecule has 2 amide bonds. The summed E-state index contributed by atoms with van der Waals surface area (Å²) in [5.41, 5.74) is 7.86. The van der Waals surface area contributed by atoms with Crippen molar-refractivity contribution in [2.45, 2.75) is 12.5 Å². The van der Waals surface area contributed by atoms with Gasteiger partial charge in [-0.15, -0.1) is 0 Å². The summed E-state index contributed by atoms with van der Waals surface area (Å²) in [6.45, 7) is 2.55. The average Bonchev–Trinajstić information content (AvgIpc) is 3.33. The van der Waals surface area contributed by atoms with Crippen molar-refractivity contribution < 1.29 is 4.79 Å². The minimum absolute atomic E-state index is 0.0764. The Labute approximate surface area is 238 Å². The zero-order chi connectivity index (χ0) is 27.6. The molecule has 1 aliphatic heterocycles. The van der Waals surface area contributed by atoms with Crippen LogP contribution in [0.4, 0.5) is 10.5 Å². The molecule has 8 nitrogen and oxygen atoms in total. The highest BCUT2D eigenvalue weighted by molar-refractivity contribution is 6.30. The smallest absolute Gasteiger partial charge is 0.321 e. The van der Waals surface area contributed by atoms with E-state index in [1.54, 1.807) is 24.3 Å².